The van der Waals surface area contributed by atoms with Crippen molar-refractivity contribution in [2.75, 3.05) is 39.8 Å². The van der Waals surface area contributed by atoms with Gasteiger partial charge in [0, 0.05) is 13.2 Å². The summed E-state index contributed by atoms with van der Waals surface area (Å²) in [5, 5.41) is 3.57. The largest absolute Gasteiger partial charge is 0.378 e. The fourth-order valence-corrected chi connectivity index (χ4v) is 2.63. The third-order valence-electron chi connectivity index (χ3n) is 3.59. The SMILES string of the molecule is CN1CCC(CNCCC2CCCO2)C1. The Morgan fingerprint density at radius 1 is 1.40 bits per heavy atom. The molecule has 0 radical (unpaired) electrons. The Labute approximate surface area is 93.2 Å². The van der Waals surface area contributed by atoms with Gasteiger partial charge < -0.3 is 15.0 Å². The molecule has 0 aliphatic carbocycles. The van der Waals surface area contributed by atoms with Crippen LogP contribution in [0.15, 0.2) is 0 Å². The highest BCUT2D eigenvalue weighted by atomic mass is 16.5. The molecule has 3 nitrogen and oxygen atoms in total. The van der Waals surface area contributed by atoms with Crippen LogP contribution in [0.2, 0.25) is 0 Å². The van der Waals surface area contributed by atoms with Crippen molar-refractivity contribution in [1.29, 1.82) is 0 Å². The van der Waals surface area contributed by atoms with Crippen molar-refractivity contribution in [3.05, 3.63) is 0 Å². The van der Waals surface area contributed by atoms with Crippen LogP contribution >= 0.6 is 0 Å². The summed E-state index contributed by atoms with van der Waals surface area (Å²) in [6.07, 6.45) is 5.64. The van der Waals surface area contributed by atoms with Gasteiger partial charge in [0.1, 0.15) is 0 Å². The van der Waals surface area contributed by atoms with E-state index in [2.05, 4.69) is 17.3 Å². The fraction of sp³-hybridized carbons (Fsp3) is 1.00. The van der Waals surface area contributed by atoms with Gasteiger partial charge in [-0.2, -0.15) is 0 Å². The summed E-state index contributed by atoms with van der Waals surface area (Å²) in [4.78, 5) is 2.42. The average Bonchev–Trinajstić information content (AvgIpc) is 2.84. The summed E-state index contributed by atoms with van der Waals surface area (Å²) in [6, 6.07) is 0. The zero-order chi connectivity index (χ0) is 10.5. The predicted octanol–water partition coefficient (Wildman–Crippen LogP) is 1.10. The quantitative estimate of drug-likeness (QED) is 0.691. The van der Waals surface area contributed by atoms with E-state index < -0.39 is 0 Å². The van der Waals surface area contributed by atoms with Gasteiger partial charge in [-0.1, -0.05) is 0 Å². The molecule has 88 valence electrons. The summed E-state index contributed by atoms with van der Waals surface area (Å²) in [7, 11) is 2.21. The fourth-order valence-electron chi connectivity index (χ4n) is 2.63. The van der Waals surface area contributed by atoms with Crippen LogP contribution < -0.4 is 5.32 Å². The second-order valence-electron chi connectivity index (χ2n) is 5.04. The number of hydrogen-bond donors (Lipinski definition) is 1. The normalized spacial score (nSPS) is 32.6. The van der Waals surface area contributed by atoms with Crippen LogP contribution in [0.25, 0.3) is 0 Å². The molecule has 0 spiro atoms. The van der Waals surface area contributed by atoms with E-state index in [1.807, 2.05) is 0 Å². The highest BCUT2D eigenvalue weighted by Crippen LogP contribution is 2.15. The molecule has 0 saturated carbocycles. The van der Waals surface area contributed by atoms with Crippen LogP contribution in [0, 0.1) is 5.92 Å². The summed E-state index contributed by atoms with van der Waals surface area (Å²) >= 11 is 0. The van der Waals surface area contributed by atoms with Crippen molar-refractivity contribution in [3.63, 3.8) is 0 Å². The first-order chi connectivity index (χ1) is 7.34. The van der Waals surface area contributed by atoms with Crippen LogP contribution in [0.3, 0.4) is 0 Å². The van der Waals surface area contributed by atoms with Gasteiger partial charge in [-0.05, 0) is 58.3 Å². The van der Waals surface area contributed by atoms with Gasteiger partial charge in [0.2, 0.25) is 0 Å². The van der Waals surface area contributed by atoms with E-state index in [1.165, 1.54) is 45.3 Å². The second kappa shape index (κ2) is 5.83. The Bertz CT molecular complexity index is 180. The lowest BCUT2D eigenvalue weighted by molar-refractivity contribution is 0.104. The topological polar surface area (TPSA) is 24.5 Å². The Hall–Kier alpha value is -0.120. The molecule has 0 bridgehead atoms. The van der Waals surface area contributed by atoms with Gasteiger partial charge in [0.25, 0.3) is 0 Å². The van der Waals surface area contributed by atoms with Crippen molar-refractivity contribution >= 4 is 0 Å². The zero-order valence-corrected chi connectivity index (χ0v) is 9.87. The molecule has 0 aromatic heterocycles. The van der Waals surface area contributed by atoms with Crippen LogP contribution in [-0.2, 0) is 4.74 Å². The van der Waals surface area contributed by atoms with E-state index in [-0.39, 0.29) is 0 Å². The number of likely N-dealkylation sites (tertiary alicyclic amines) is 1. The smallest absolute Gasteiger partial charge is 0.0588 e. The van der Waals surface area contributed by atoms with Gasteiger partial charge in [-0.25, -0.2) is 0 Å². The van der Waals surface area contributed by atoms with E-state index in [1.54, 1.807) is 0 Å². The van der Waals surface area contributed by atoms with Crippen molar-refractivity contribution in [2.24, 2.45) is 5.92 Å². The first-order valence-electron chi connectivity index (χ1n) is 6.35. The van der Waals surface area contributed by atoms with Gasteiger partial charge in [-0.15, -0.1) is 0 Å². The Balaban J connectivity index is 1.48. The van der Waals surface area contributed by atoms with Crippen LogP contribution in [0.1, 0.15) is 25.7 Å². The molecule has 2 heterocycles. The van der Waals surface area contributed by atoms with Crippen molar-refractivity contribution < 1.29 is 4.74 Å². The van der Waals surface area contributed by atoms with Gasteiger partial charge in [0.05, 0.1) is 6.10 Å². The molecule has 0 aromatic carbocycles. The lowest BCUT2D eigenvalue weighted by Crippen LogP contribution is -2.27. The van der Waals surface area contributed by atoms with E-state index in [9.17, 15) is 0 Å². The maximum Gasteiger partial charge on any atom is 0.0588 e. The molecule has 0 aromatic rings. The molecule has 15 heavy (non-hydrogen) atoms. The van der Waals surface area contributed by atoms with Crippen molar-refractivity contribution in [1.82, 2.24) is 10.2 Å². The number of ether oxygens (including phenoxy) is 1. The lowest BCUT2D eigenvalue weighted by Gasteiger charge is -2.13. The maximum atomic E-state index is 5.59. The van der Waals surface area contributed by atoms with Crippen LogP contribution in [-0.4, -0.2) is 50.8 Å². The van der Waals surface area contributed by atoms with Crippen molar-refractivity contribution in [2.45, 2.75) is 31.8 Å². The highest BCUT2D eigenvalue weighted by molar-refractivity contribution is 4.75. The molecule has 3 heteroatoms. The van der Waals surface area contributed by atoms with Gasteiger partial charge in [0.15, 0.2) is 0 Å². The van der Waals surface area contributed by atoms with Gasteiger partial charge >= 0.3 is 0 Å². The molecule has 2 atom stereocenters. The maximum absolute atomic E-state index is 5.59. The Morgan fingerprint density at radius 2 is 2.33 bits per heavy atom. The molecule has 2 aliphatic rings. The first kappa shape index (κ1) is 11.4. The molecule has 2 unspecified atom stereocenters. The summed E-state index contributed by atoms with van der Waals surface area (Å²) in [5.41, 5.74) is 0. The van der Waals surface area contributed by atoms with Gasteiger partial charge in [-0.3, -0.25) is 0 Å². The minimum Gasteiger partial charge on any atom is -0.378 e. The Kier molecular flexibility index (Phi) is 4.42. The molecular formula is C12H24N2O. The summed E-state index contributed by atoms with van der Waals surface area (Å²) in [6.45, 7) is 5.85. The molecule has 2 saturated heterocycles. The van der Waals surface area contributed by atoms with E-state index in [4.69, 9.17) is 4.74 Å². The lowest BCUT2D eigenvalue weighted by atomic mass is 10.1. The minimum absolute atomic E-state index is 0.545. The zero-order valence-electron chi connectivity index (χ0n) is 9.87. The van der Waals surface area contributed by atoms with Crippen LogP contribution in [0.5, 0.6) is 0 Å². The van der Waals surface area contributed by atoms with E-state index in [0.29, 0.717) is 6.10 Å². The van der Waals surface area contributed by atoms with E-state index >= 15 is 0 Å². The monoisotopic (exact) mass is 212 g/mol. The number of hydrogen-bond acceptors (Lipinski definition) is 3. The standard InChI is InChI=1S/C12H24N2O/c1-14-7-5-11(10-14)9-13-6-4-12-3-2-8-15-12/h11-13H,2-10H2,1H3. The highest BCUT2D eigenvalue weighted by Gasteiger charge is 2.19. The third kappa shape index (κ3) is 3.74. The molecule has 2 rings (SSSR count). The first-order valence-corrected chi connectivity index (χ1v) is 6.35. The molecule has 1 N–H and O–H groups in total. The number of nitrogens with zero attached hydrogens (tertiary/aromatic N) is 1. The average molecular weight is 212 g/mol. The Morgan fingerprint density at radius 3 is 3.00 bits per heavy atom. The summed E-state index contributed by atoms with van der Waals surface area (Å²) < 4.78 is 5.59. The third-order valence-corrected chi connectivity index (χ3v) is 3.59. The van der Waals surface area contributed by atoms with Crippen LogP contribution in [0.4, 0.5) is 0 Å². The minimum atomic E-state index is 0.545. The molecular weight excluding hydrogens is 188 g/mol. The molecule has 2 aliphatic heterocycles. The number of nitrogens with one attached hydrogen (secondary N) is 1. The summed E-state index contributed by atoms with van der Waals surface area (Å²) in [5.74, 6) is 0.875. The predicted molar refractivity (Wildman–Crippen MR) is 62.1 cm³/mol. The molecule has 0 amide bonds. The molecule has 2 fully saturated rings. The second-order valence-corrected chi connectivity index (χ2v) is 5.04. The van der Waals surface area contributed by atoms with Crippen molar-refractivity contribution in [3.8, 4) is 0 Å². The van der Waals surface area contributed by atoms with E-state index in [0.717, 1.165) is 19.1 Å². The number of rotatable bonds is 5.